The molecule has 1 atom stereocenters. The number of hydrogen-bond acceptors (Lipinski definition) is 3. The van der Waals surface area contributed by atoms with E-state index < -0.39 is 15.9 Å². The van der Waals surface area contributed by atoms with E-state index in [4.69, 9.17) is 0 Å². The largest absolute Gasteiger partial charge is 0.315 e. The van der Waals surface area contributed by atoms with Gasteiger partial charge in [-0.15, -0.1) is 0 Å². The number of halogens is 1. The van der Waals surface area contributed by atoms with Gasteiger partial charge in [0.2, 0.25) is 15.9 Å². The molecule has 1 aliphatic heterocycles. The fourth-order valence-electron chi connectivity index (χ4n) is 3.55. The molecule has 0 N–H and O–H groups in total. The van der Waals surface area contributed by atoms with Gasteiger partial charge in [0, 0.05) is 25.8 Å². The lowest BCUT2D eigenvalue weighted by Gasteiger charge is -2.33. The molecule has 150 valence electrons. The molecule has 1 unspecified atom stereocenters. The van der Waals surface area contributed by atoms with Crippen LogP contribution in [-0.4, -0.2) is 38.8 Å². The van der Waals surface area contributed by atoms with E-state index in [9.17, 15) is 17.6 Å². The second-order valence-corrected chi connectivity index (χ2v) is 9.25. The topological polar surface area (TPSA) is 57.7 Å². The molecule has 7 heteroatoms. The Balaban J connectivity index is 1.80. The number of nitrogens with zero attached hydrogens (tertiary/aromatic N) is 2. The monoisotopic (exact) mass is 404 g/mol. The maximum atomic E-state index is 13.2. The summed E-state index contributed by atoms with van der Waals surface area (Å²) in [5.74, 6) is -0.954. The van der Waals surface area contributed by atoms with Gasteiger partial charge >= 0.3 is 0 Å². The van der Waals surface area contributed by atoms with E-state index in [1.807, 2.05) is 13.0 Å². The SMILES string of the molecule is Cc1ccc(C)c(S(=O)(=O)N2CCCC(C(=O)N(C)c3ccc(F)cc3)C2)c1. The molecule has 1 fully saturated rings. The minimum absolute atomic E-state index is 0.153. The molecule has 0 aromatic heterocycles. The Morgan fingerprint density at radius 2 is 1.82 bits per heavy atom. The normalized spacial score (nSPS) is 18.1. The van der Waals surface area contributed by atoms with Crippen molar-refractivity contribution >= 4 is 21.6 Å². The Hall–Kier alpha value is -2.25. The van der Waals surface area contributed by atoms with E-state index in [1.54, 1.807) is 38.2 Å². The zero-order valence-corrected chi connectivity index (χ0v) is 17.2. The highest BCUT2D eigenvalue weighted by atomic mass is 32.2. The summed E-state index contributed by atoms with van der Waals surface area (Å²) in [6, 6.07) is 11.1. The van der Waals surface area contributed by atoms with Crippen LogP contribution in [-0.2, 0) is 14.8 Å². The van der Waals surface area contributed by atoms with Crippen LogP contribution in [0.1, 0.15) is 24.0 Å². The highest BCUT2D eigenvalue weighted by molar-refractivity contribution is 7.89. The van der Waals surface area contributed by atoms with Crippen LogP contribution in [0.15, 0.2) is 47.4 Å². The molecule has 3 rings (SSSR count). The zero-order chi connectivity index (χ0) is 20.5. The van der Waals surface area contributed by atoms with Gasteiger partial charge in [-0.3, -0.25) is 4.79 Å². The van der Waals surface area contributed by atoms with Crippen molar-refractivity contribution in [3.8, 4) is 0 Å². The molecule has 1 amide bonds. The summed E-state index contributed by atoms with van der Waals surface area (Å²) in [6.07, 6.45) is 1.25. The summed E-state index contributed by atoms with van der Waals surface area (Å²) in [6.45, 7) is 4.19. The number of anilines is 1. The molecule has 0 radical (unpaired) electrons. The fourth-order valence-corrected chi connectivity index (χ4v) is 5.39. The predicted molar refractivity (Wildman–Crippen MR) is 107 cm³/mol. The lowest BCUT2D eigenvalue weighted by Crippen LogP contribution is -2.46. The first-order valence-electron chi connectivity index (χ1n) is 9.30. The average molecular weight is 405 g/mol. The Morgan fingerprint density at radius 1 is 1.14 bits per heavy atom. The van der Waals surface area contributed by atoms with Crippen molar-refractivity contribution < 1.29 is 17.6 Å². The molecular weight excluding hydrogens is 379 g/mol. The van der Waals surface area contributed by atoms with E-state index in [2.05, 4.69) is 0 Å². The molecular formula is C21H25FN2O3S. The van der Waals surface area contributed by atoms with Crippen LogP contribution in [0, 0.1) is 25.6 Å². The third-order valence-electron chi connectivity index (χ3n) is 5.24. The number of amides is 1. The minimum Gasteiger partial charge on any atom is -0.315 e. The maximum absolute atomic E-state index is 13.2. The first kappa shape index (κ1) is 20.5. The van der Waals surface area contributed by atoms with E-state index >= 15 is 0 Å². The Bertz CT molecular complexity index is 974. The molecule has 2 aromatic carbocycles. The molecule has 1 heterocycles. The summed E-state index contributed by atoms with van der Waals surface area (Å²) >= 11 is 0. The second kappa shape index (κ2) is 8.01. The van der Waals surface area contributed by atoms with Gasteiger partial charge in [0.05, 0.1) is 10.8 Å². The molecule has 1 saturated heterocycles. The van der Waals surface area contributed by atoms with Gasteiger partial charge in [-0.1, -0.05) is 12.1 Å². The highest BCUT2D eigenvalue weighted by Crippen LogP contribution is 2.28. The first-order chi connectivity index (χ1) is 13.2. The Labute approximate surface area is 165 Å². The number of piperidine rings is 1. The molecule has 28 heavy (non-hydrogen) atoms. The lowest BCUT2D eigenvalue weighted by atomic mass is 9.98. The molecule has 0 aliphatic carbocycles. The molecule has 1 aliphatic rings. The molecule has 0 saturated carbocycles. The smallest absolute Gasteiger partial charge is 0.243 e. The van der Waals surface area contributed by atoms with Gasteiger partial charge in [-0.05, 0) is 68.1 Å². The van der Waals surface area contributed by atoms with Crippen LogP contribution in [0.3, 0.4) is 0 Å². The zero-order valence-electron chi connectivity index (χ0n) is 16.4. The highest BCUT2D eigenvalue weighted by Gasteiger charge is 2.35. The number of hydrogen-bond donors (Lipinski definition) is 0. The minimum atomic E-state index is -3.66. The standard InChI is InChI=1S/C21H25FN2O3S/c1-15-6-7-16(2)20(13-15)28(26,27)24-12-4-5-17(14-24)21(25)23(3)19-10-8-18(22)9-11-19/h6-11,13,17H,4-5,12,14H2,1-3H3. The molecule has 0 spiro atoms. The van der Waals surface area contributed by atoms with Gasteiger partial charge < -0.3 is 4.90 Å². The quantitative estimate of drug-likeness (QED) is 0.784. The number of rotatable bonds is 4. The number of aryl methyl sites for hydroxylation is 2. The van der Waals surface area contributed by atoms with Crippen molar-refractivity contribution in [3.63, 3.8) is 0 Å². The van der Waals surface area contributed by atoms with Gasteiger partial charge in [-0.25, -0.2) is 12.8 Å². The number of carbonyl (C=O) groups is 1. The van der Waals surface area contributed by atoms with E-state index in [-0.39, 0.29) is 18.3 Å². The summed E-state index contributed by atoms with van der Waals surface area (Å²) < 4.78 is 40.9. The van der Waals surface area contributed by atoms with Crippen LogP contribution in [0.2, 0.25) is 0 Å². The summed E-state index contributed by atoms with van der Waals surface area (Å²) in [4.78, 5) is 14.7. The number of benzene rings is 2. The molecule has 0 bridgehead atoms. The average Bonchev–Trinajstić information content (AvgIpc) is 2.69. The van der Waals surface area contributed by atoms with Crippen molar-refractivity contribution in [2.24, 2.45) is 5.92 Å². The first-order valence-corrected chi connectivity index (χ1v) is 10.7. The number of sulfonamides is 1. The third-order valence-corrected chi connectivity index (χ3v) is 7.25. The van der Waals surface area contributed by atoms with E-state index in [0.29, 0.717) is 35.5 Å². The van der Waals surface area contributed by atoms with Crippen molar-refractivity contribution in [2.45, 2.75) is 31.6 Å². The third kappa shape index (κ3) is 4.10. The van der Waals surface area contributed by atoms with Crippen LogP contribution >= 0.6 is 0 Å². The van der Waals surface area contributed by atoms with Crippen molar-refractivity contribution in [2.75, 3.05) is 25.0 Å². The molecule has 2 aromatic rings. The van der Waals surface area contributed by atoms with Gasteiger partial charge in [0.25, 0.3) is 0 Å². The Kier molecular flexibility index (Phi) is 5.86. The van der Waals surface area contributed by atoms with Crippen LogP contribution in [0.25, 0.3) is 0 Å². The van der Waals surface area contributed by atoms with Crippen molar-refractivity contribution in [3.05, 3.63) is 59.4 Å². The predicted octanol–water partition coefficient (Wildman–Crippen LogP) is 3.51. The van der Waals surface area contributed by atoms with Gasteiger partial charge in [0.15, 0.2) is 0 Å². The second-order valence-electron chi connectivity index (χ2n) is 7.34. The van der Waals surface area contributed by atoms with E-state index in [0.717, 1.165) is 5.56 Å². The fraction of sp³-hybridized carbons (Fsp3) is 0.381. The van der Waals surface area contributed by atoms with Crippen LogP contribution in [0.5, 0.6) is 0 Å². The van der Waals surface area contributed by atoms with Gasteiger partial charge in [0.1, 0.15) is 5.82 Å². The lowest BCUT2D eigenvalue weighted by molar-refractivity contribution is -0.123. The van der Waals surface area contributed by atoms with Crippen molar-refractivity contribution in [1.29, 1.82) is 0 Å². The van der Waals surface area contributed by atoms with Crippen LogP contribution in [0.4, 0.5) is 10.1 Å². The van der Waals surface area contributed by atoms with E-state index in [1.165, 1.54) is 21.3 Å². The summed E-state index contributed by atoms with van der Waals surface area (Å²) in [7, 11) is -2.03. The van der Waals surface area contributed by atoms with Crippen molar-refractivity contribution in [1.82, 2.24) is 4.31 Å². The van der Waals surface area contributed by atoms with Crippen LogP contribution < -0.4 is 4.90 Å². The summed E-state index contributed by atoms with van der Waals surface area (Å²) in [5, 5.41) is 0. The molecule has 5 nitrogen and oxygen atoms in total. The summed E-state index contributed by atoms with van der Waals surface area (Å²) in [5.41, 5.74) is 2.16. The maximum Gasteiger partial charge on any atom is 0.243 e. The Morgan fingerprint density at radius 3 is 2.50 bits per heavy atom. The number of carbonyl (C=O) groups excluding carboxylic acids is 1. The van der Waals surface area contributed by atoms with Gasteiger partial charge in [-0.2, -0.15) is 4.31 Å².